The molecule has 0 saturated carbocycles. The van der Waals surface area contributed by atoms with Crippen LogP contribution in [0, 0.1) is 0 Å². The highest BCUT2D eigenvalue weighted by molar-refractivity contribution is 7.80. The van der Waals surface area contributed by atoms with Gasteiger partial charge in [0.2, 0.25) is 0 Å². The second-order valence-corrected chi connectivity index (χ2v) is 6.29. The maximum absolute atomic E-state index is 12.9. The Morgan fingerprint density at radius 2 is 1.92 bits per heavy atom. The summed E-state index contributed by atoms with van der Waals surface area (Å²) in [5.41, 5.74) is -0.608. The molecule has 26 heavy (non-hydrogen) atoms. The Balaban J connectivity index is 2.15. The van der Waals surface area contributed by atoms with Crippen LogP contribution in [0.4, 0.5) is 24.5 Å². The maximum Gasteiger partial charge on any atom is 0.416 e. The molecule has 2 aromatic carbocycles. The molecule has 0 aliphatic rings. The van der Waals surface area contributed by atoms with E-state index in [2.05, 4.69) is 22.9 Å². The molecule has 0 radical (unpaired) electrons. The van der Waals surface area contributed by atoms with E-state index in [1.54, 1.807) is 18.2 Å². The first-order valence-corrected chi connectivity index (χ1v) is 7.98. The number of hydrogen-bond acceptors (Lipinski definition) is 4. The summed E-state index contributed by atoms with van der Waals surface area (Å²) >= 11 is 10.3. The van der Waals surface area contributed by atoms with Gasteiger partial charge in [-0.1, -0.05) is 11.6 Å². The van der Waals surface area contributed by atoms with Crippen molar-refractivity contribution in [3.8, 4) is 0 Å². The number of anilines is 2. The zero-order valence-electron chi connectivity index (χ0n) is 12.8. The monoisotopic (exact) mass is 398 g/mol. The number of aromatic nitrogens is 1. The van der Waals surface area contributed by atoms with E-state index in [1.807, 2.05) is 0 Å². The second-order valence-electron chi connectivity index (χ2n) is 5.37. The van der Waals surface area contributed by atoms with Gasteiger partial charge < -0.3 is 10.4 Å². The van der Waals surface area contributed by atoms with E-state index in [9.17, 15) is 23.1 Å². The Hall–Kier alpha value is -2.45. The fourth-order valence-electron chi connectivity index (χ4n) is 2.43. The van der Waals surface area contributed by atoms with Crippen LogP contribution in [0.1, 0.15) is 15.9 Å². The van der Waals surface area contributed by atoms with Gasteiger partial charge in [0.15, 0.2) is 0 Å². The lowest BCUT2D eigenvalue weighted by atomic mass is 10.1. The molecule has 0 spiro atoms. The van der Waals surface area contributed by atoms with Crippen molar-refractivity contribution >= 4 is 52.5 Å². The highest BCUT2D eigenvalue weighted by Gasteiger charge is 2.32. The van der Waals surface area contributed by atoms with Crippen molar-refractivity contribution in [2.75, 3.05) is 5.32 Å². The number of halogens is 4. The third-order valence-electron chi connectivity index (χ3n) is 3.65. The molecule has 0 saturated heterocycles. The lowest BCUT2D eigenvalue weighted by Gasteiger charge is -2.16. The van der Waals surface area contributed by atoms with Crippen LogP contribution in [-0.2, 0) is 6.18 Å². The van der Waals surface area contributed by atoms with Crippen molar-refractivity contribution < 1.29 is 23.1 Å². The number of rotatable bonds is 3. The summed E-state index contributed by atoms with van der Waals surface area (Å²) in [6.07, 6.45) is -3.19. The molecule has 3 aromatic rings. The number of pyridine rings is 1. The fourth-order valence-corrected chi connectivity index (χ4v) is 2.83. The lowest BCUT2D eigenvalue weighted by molar-refractivity contribution is -0.137. The van der Waals surface area contributed by atoms with E-state index in [0.29, 0.717) is 32.6 Å². The molecule has 1 heterocycles. The minimum Gasteiger partial charge on any atom is -0.478 e. The largest absolute Gasteiger partial charge is 0.478 e. The van der Waals surface area contributed by atoms with Gasteiger partial charge >= 0.3 is 12.1 Å². The van der Waals surface area contributed by atoms with E-state index >= 15 is 0 Å². The number of carboxylic acids is 1. The van der Waals surface area contributed by atoms with Crippen molar-refractivity contribution in [3.63, 3.8) is 0 Å². The second kappa shape index (κ2) is 6.69. The number of hydrogen-bond donors (Lipinski definition) is 3. The Morgan fingerprint density at radius 3 is 2.58 bits per heavy atom. The molecule has 134 valence electrons. The highest BCUT2D eigenvalue weighted by atomic mass is 35.5. The number of nitrogens with one attached hydrogen (secondary N) is 1. The molecule has 0 unspecified atom stereocenters. The molecule has 0 atom stereocenters. The average Bonchev–Trinajstić information content (AvgIpc) is 2.56. The van der Waals surface area contributed by atoms with Crippen LogP contribution < -0.4 is 5.32 Å². The zero-order chi connectivity index (χ0) is 19.1. The number of fused-ring (bicyclic) bond motifs is 1. The smallest absolute Gasteiger partial charge is 0.416 e. The van der Waals surface area contributed by atoms with Gasteiger partial charge in [-0.05, 0) is 36.4 Å². The molecular formula is C17H10ClF3N2O2S. The van der Waals surface area contributed by atoms with E-state index in [0.717, 1.165) is 12.1 Å². The molecular weight excluding hydrogens is 389 g/mol. The Bertz CT molecular complexity index is 1020. The van der Waals surface area contributed by atoms with Crippen LogP contribution in [-0.4, -0.2) is 16.1 Å². The van der Waals surface area contributed by atoms with Crippen molar-refractivity contribution in [3.05, 3.63) is 58.7 Å². The first-order valence-electron chi connectivity index (χ1n) is 7.15. The molecule has 2 N–H and O–H groups in total. The molecule has 1 aromatic heterocycles. The first-order chi connectivity index (χ1) is 12.2. The van der Waals surface area contributed by atoms with E-state index in [-0.39, 0.29) is 5.69 Å². The number of nitrogens with zero attached hydrogens (tertiary/aromatic N) is 1. The molecule has 9 heteroatoms. The third kappa shape index (κ3) is 3.56. The summed E-state index contributed by atoms with van der Waals surface area (Å²) in [4.78, 5) is 16.0. The van der Waals surface area contributed by atoms with Crippen molar-refractivity contribution in [1.82, 2.24) is 4.98 Å². The Morgan fingerprint density at radius 1 is 1.19 bits per heavy atom. The van der Waals surface area contributed by atoms with Crippen LogP contribution >= 0.6 is 24.2 Å². The van der Waals surface area contributed by atoms with Gasteiger partial charge in [-0.2, -0.15) is 13.2 Å². The summed E-state index contributed by atoms with van der Waals surface area (Å²) in [5, 5.41) is 13.1. The number of alkyl halides is 3. The van der Waals surface area contributed by atoms with E-state index < -0.39 is 23.3 Å². The maximum atomic E-state index is 12.9. The molecule has 3 rings (SSSR count). The fraction of sp³-hybridized carbons (Fsp3) is 0.0588. The van der Waals surface area contributed by atoms with Gasteiger partial charge in [-0.25, -0.2) is 4.79 Å². The Kier molecular flexibility index (Phi) is 4.72. The number of carboxylic acid groups (broad SMARTS) is 1. The summed E-state index contributed by atoms with van der Waals surface area (Å²) < 4.78 is 38.6. The van der Waals surface area contributed by atoms with Crippen molar-refractivity contribution in [2.24, 2.45) is 0 Å². The Labute approximate surface area is 156 Å². The molecule has 0 bridgehead atoms. The summed E-state index contributed by atoms with van der Waals surface area (Å²) in [7, 11) is 0. The quantitative estimate of drug-likeness (QED) is 0.500. The average molecular weight is 399 g/mol. The van der Waals surface area contributed by atoms with Gasteiger partial charge in [0.05, 0.1) is 28.0 Å². The molecule has 0 fully saturated rings. The standard InChI is InChI=1S/C17H10ClF3N2O2S/c18-9-2-4-12-10(6-9)15(14(26)7-22-12)23-13-3-1-8(17(19,20)21)5-11(13)16(24)25/h1-7,26H,(H,22,23)(H,24,25). The van der Waals surface area contributed by atoms with Gasteiger partial charge in [0.25, 0.3) is 0 Å². The number of carbonyl (C=O) groups is 1. The zero-order valence-corrected chi connectivity index (χ0v) is 14.5. The van der Waals surface area contributed by atoms with Gasteiger partial charge in [0.1, 0.15) is 0 Å². The van der Waals surface area contributed by atoms with E-state index in [1.165, 1.54) is 6.20 Å². The third-order valence-corrected chi connectivity index (χ3v) is 4.22. The molecule has 0 amide bonds. The summed E-state index contributed by atoms with van der Waals surface area (Å²) in [5.74, 6) is -1.49. The van der Waals surface area contributed by atoms with Crippen LogP contribution in [0.25, 0.3) is 10.9 Å². The van der Waals surface area contributed by atoms with Crippen molar-refractivity contribution in [1.29, 1.82) is 0 Å². The topological polar surface area (TPSA) is 62.2 Å². The molecule has 0 aliphatic carbocycles. The predicted molar refractivity (Wildman–Crippen MR) is 95.7 cm³/mol. The minimum absolute atomic E-state index is 0.00623. The van der Waals surface area contributed by atoms with Crippen molar-refractivity contribution in [2.45, 2.75) is 11.1 Å². The lowest BCUT2D eigenvalue weighted by Crippen LogP contribution is -2.10. The van der Waals surface area contributed by atoms with Crippen LogP contribution in [0.5, 0.6) is 0 Å². The SMILES string of the molecule is O=C(O)c1cc(C(F)(F)F)ccc1Nc1c(S)cnc2ccc(Cl)cc12. The highest BCUT2D eigenvalue weighted by Crippen LogP contribution is 2.36. The van der Waals surface area contributed by atoms with Gasteiger partial charge in [-0.3, -0.25) is 4.98 Å². The number of aromatic carboxylic acids is 1. The van der Waals surface area contributed by atoms with Gasteiger partial charge in [0, 0.05) is 21.5 Å². The number of thiol groups is 1. The molecule has 0 aliphatic heterocycles. The minimum atomic E-state index is -4.64. The summed E-state index contributed by atoms with van der Waals surface area (Å²) in [6.45, 7) is 0. The van der Waals surface area contributed by atoms with Crippen LogP contribution in [0.2, 0.25) is 5.02 Å². The van der Waals surface area contributed by atoms with Crippen LogP contribution in [0.3, 0.4) is 0 Å². The summed E-state index contributed by atoms with van der Waals surface area (Å²) in [6, 6.07) is 7.37. The number of benzene rings is 2. The van der Waals surface area contributed by atoms with Gasteiger partial charge in [-0.15, -0.1) is 12.6 Å². The normalized spacial score (nSPS) is 11.6. The predicted octanol–water partition coefficient (Wildman–Crippen LogP) is 5.64. The first kappa shape index (κ1) is 18.3. The van der Waals surface area contributed by atoms with E-state index in [4.69, 9.17) is 11.6 Å². The molecule has 4 nitrogen and oxygen atoms in total. The van der Waals surface area contributed by atoms with Crippen LogP contribution in [0.15, 0.2) is 47.5 Å².